The molecule has 0 spiro atoms. The summed E-state index contributed by atoms with van der Waals surface area (Å²) in [5.41, 5.74) is 0.910. The van der Waals surface area contributed by atoms with E-state index in [1.807, 2.05) is 13.0 Å². The SMILES string of the molecule is CCOc1ccc(C2CCC(C3CCC(OCC4CCC4)CC3)CC2)nc1F. The molecule has 156 valence electrons. The van der Waals surface area contributed by atoms with Crippen LogP contribution in [0.25, 0.3) is 0 Å². The fourth-order valence-electron chi connectivity index (χ4n) is 5.47. The van der Waals surface area contributed by atoms with Gasteiger partial charge in [0, 0.05) is 18.2 Å². The third-order valence-corrected chi connectivity index (χ3v) is 7.50. The molecule has 0 radical (unpaired) electrons. The molecule has 0 unspecified atom stereocenters. The van der Waals surface area contributed by atoms with Gasteiger partial charge >= 0.3 is 0 Å². The minimum absolute atomic E-state index is 0.274. The predicted octanol–water partition coefficient (Wildman–Crippen LogP) is 6.27. The number of pyridine rings is 1. The van der Waals surface area contributed by atoms with Crippen molar-refractivity contribution in [3.8, 4) is 5.75 Å². The van der Waals surface area contributed by atoms with Crippen LogP contribution >= 0.6 is 0 Å². The fraction of sp³-hybridized carbons (Fsp3) is 0.792. The molecule has 3 fully saturated rings. The molecule has 1 heterocycles. The summed E-state index contributed by atoms with van der Waals surface area (Å²) in [6.45, 7) is 3.34. The van der Waals surface area contributed by atoms with Crippen molar-refractivity contribution < 1.29 is 13.9 Å². The normalized spacial score (nSPS) is 31.4. The molecule has 0 aliphatic heterocycles. The first-order chi connectivity index (χ1) is 13.7. The third kappa shape index (κ3) is 4.87. The summed E-state index contributed by atoms with van der Waals surface area (Å²) in [5.74, 6) is 2.79. The number of rotatable bonds is 7. The van der Waals surface area contributed by atoms with Gasteiger partial charge < -0.3 is 9.47 Å². The van der Waals surface area contributed by atoms with Crippen LogP contribution < -0.4 is 4.74 Å². The van der Waals surface area contributed by atoms with Gasteiger partial charge in [-0.2, -0.15) is 4.39 Å². The molecule has 0 N–H and O–H groups in total. The minimum Gasteiger partial charge on any atom is -0.489 e. The van der Waals surface area contributed by atoms with Gasteiger partial charge in [0.25, 0.3) is 5.95 Å². The van der Waals surface area contributed by atoms with E-state index in [2.05, 4.69) is 4.98 Å². The largest absolute Gasteiger partial charge is 0.489 e. The van der Waals surface area contributed by atoms with Crippen LogP contribution in [-0.4, -0.2) is 24.3 Å². The van der Waals surface area contributed by atoms with Gasteiger partial charge in [-0.25, -0.2) is 4.98 Å². The van der Waals surface area contributed by atoms with Crippen molar-refractivity contribution in [2.45, 2.75) is 89.6 Å². The molecule has 1 aromatic rings. The molecule has 3 aliphatic carbocycles. The van der Waals surface area contributed by atoms with Crippen molar-refractivity contribution in [3.05, 3.63) is 23.8 Å². The molecule has 0 saturated heterocycles. The first-order valence-corrected chi connectivity index (χ1v) is 11.6. The second kappa shape index (κ2) is 9.56. The van der Waals surface area contributed by atoms with E-state index in [4.69, 9.17) is 9.47 Å². The van der Waals surface area contributed by atoms with Crippen LogP contribution in [0.3, 0.4) is 0 Å². The number of ether oxygens (including phenoxy) is 2. The van der Waals surface area contributed by atoms with Crippen LogP contribution in [0, 0.1) is 23.7 Å². The Kier molecular flexibility index (Phi) is 6.87. The highest BCUT2D eigenvalue weighted by atomic mass is 19.1. The Morgan fingerprint density at radius 2 is 1.61 bits per heavy atom. The van der Waals surface area contributed by atoms with Crippen molar-refractivity contribution in [3.63, 3.8) is 0 Å². The fourth-order valence-corrected chi connectivity index (χ4v) is 5.47. The average molecular weight is 390 g/mol. The number of nitrogens with zero attached hydrogens (tertiary/aromatic N) is 1. The number of halogens is 1. The topological polar surface area (TPSA) is 31.4 Å². The van der Waals surface area contributed by atoms with Crippen molar-refractivity contribution >= 4 is 0 Å². The van der Waals surface area contributed by atoms with E-state index in [0.29, 0.717) is 18.6 Å². The van der Waals surface area contributed by atoms with Gasteiger partial charge in [-0.3, -0.25) is 0 Å². The lowest BCUT2D eigenvalue weighted by Crippen LogP contribution is -2.30. The predicted molar refractivity (Wildman–Crippen MR) is 109 cm³/mol. The lowest BCUT2D eigenvalue weighted by Gasteiger charge is -2.38. The molecule has 0 amide bonds. The molecular formula is C24H36FNO2. The highest BCUT2D eigenvalue weighted by Gasteiger charge is 2.32. The molecule has 3 saturated carbocycles. The zero-order valence-electron chi connectivity index (χ0n) is 17.4. The summed E-state index contributed by atoms with van der Waals surface area (Å²) in [6.07, 6.45) is 14.7. The highest BCUT2D eigenvalue weighted by Crippen LogP contribution is 2.43. The van der Waals surface area contributed by atoms with E-state index in [1.54, 1.807) is 6.07 Å². The van der Waals surface area contributed by atoms with Gasteiger partial charge in [-0.05, 0) is 101 Å². The molecule has 0 bridgehead atoms. The van der Waals surface area contributed by atoms with E-state index in [-0.39, 0.29) is 5.75 Å². The Hall–Kier alpha value is -1.16. The van der Waals surface area contributed by atoms with Gasteiger partial charge in [0.15, 0.2) is 5.75 Å². The lowest BCUT2D eigenvalue weighted by atomic mass is 9.70. The maximum absolute atomic E-state index is 14.1. The monoisotopic (exact) mass is 389 g/mol. The Bertz CT molecular complexity index is 617. The first kappa shape index (κ1) is 20.1. The van der Waals surface area contributed by atoms with Crippen molar-refractivity contribution in [2.75, 3.05) is 13.2 Å². The molecule has 3 nitrogen and oxygen atoms in total. The lowest BCUT2D eigenvalue weighted by molar-refractivity contribution is -0.0211. The summed E-state index contributed by atoms with van der Waals surface area (Å²) in [6, 6.07) is 3.71. The zero-order chi connectivity index (χ0) is 19.3. The van der Waals surface area contributed by atoms with E-state index >= 15 is 0 Å². The second-order valence-corrected chi connectivity index (χ2v) is 9.24. The maximum atomic E-state index is 14.1. The number of aromatic nitrogens is 1. The molecule has 4 heteroatoms. The third-order valence-electron chi connectivity index (χ3n) is 7.50. The van der Waals surface area contributed by atoms with Gasteiger partial charge in [-0.1, -0.05) is 6.42 Å². The van der Waals surface area contributed by atoms with Gasteiger partial charge in [0.05, 0.1) is 12.7 Å². The van der Waals surface area contributed by atoms with Crippen molar-refractivity contribution in [1.29, 1.82) is 0 Å². The molecular weight excluding hydrogens is 353 g/mol. The quantitative estimate of drug-likeness (QED) is 0.515. The second-order valence-electron chi connectivity index (χ2n) is 9.24. The van der Waals surface area contributed by atoms with Gasteiger partial charge in [0.1, 0.15) is 0 Å². The van der Waals surface area contributed by atoms with Crippen LogP contribution in [0.4, 0.5) is 4.39 Å². The molecule has 1 aromatic heterocycles. The van der Waals surface area contributed by atoms with Crippen LogP contribution in [0.5, 0.6) is 5.75 Å². The number of hydrogen-bond acceptors (Lipinski definition) is 3. The summed E-state index contributed by atoms with van der Waals surface area (Å²) in [5, 5.41) is 0. The molecule has 4 rings (SSSR count). The van der Waals surface area contributed by atoms with Crippen molar-refractivity contribution in [2.24, 2.45) is 17.8 Å². The highest BCUT2D eigenvalue weighted by molar-refractivity contribution is 5.23. The Labute approximate surface area is 169 Å². The van der Waals surface area contributed by atoms with E-state index < -0.39 is 5.95 Å². The van der Waals surface area contributed by atoms with E-state index in [0.717, 1.165) is 42.9 Å². The Balaban J connectivity index is 1.20. The van der Waals surface area contributed by atoms with Crippen LogP contribution in [-0.2, 0) is 4.74 Å². The number of hydrogen-bond donors (Lipinski definition) is 0. The zero-order valence-corrected chi connectivity index (χ0v) is 17.4. The van der Waals surface area contributed by atoms with E-state index in [1.165, 1.54) is 57.8 Å². The molecule has 28 heavy (non-hydrogen) atoms. The smallest absolute Gasteiger partial charge is 0.255 e. The minimum atomic E-state index is -0.457. The summed E-state index contributed by atoms with van der Waals surface area (Å²) < 4.78 is 25.5. The van der Waals surface area contributed by atoms with Gasteiger partial charge in [-0.15, -0.1) is 0 Å². The van der Waals surface area contributed by atoms with Crippen LogP contribution in [0.15, 0.2) is 12.1 Å². The summed E-state index contributed by atoms with van der Waals surface area (Å²) >= 11 is 0. The molecule has 0 aromatic carbocycles. The van der Waals surface area contributed by atoms with E-state index in [9.17, 15) is 4.39 Å². The van der Waals surface area contributed by atoms with Crippen LogP contribution in [0.1, 0.15) is 89.2 Å². The van der Waals surface area contributed by atoms with Gasteiger partial charge in [0.2, 0.25) is 0 Å². The first-order valence-electron chi connectivity index (χ1n) is 11.6. The maximum Gasteiger partial charge on any atom is 0.255 e. The standard InChI is InChI=1S/C24H36FNO2/c1-2-27-23-15-14-22(26-24(23)25)20-8-6-18(7-9-20)19-10-12-21(13-11-19)28-16-17-4-3-5-17/h14-15,17-21H,2-13,16H2,1H3. The Morgan fingerprint density at radius 1 is 0.929 bits per heavy atom. The van der Waals surface area contributed by atoms with Crippen molar-refractivity contribution in [1.82, 2.24) is 4.98 Å². The summed E-state index contributed by atoms with van der Waals surface area (Å²) in [7, 11) is 0. The molecule has 0 atom stereocenters. The average Bonchev–Trinajstić information content (AvgIpc) is 2.69. The summed E-state index contributed by atoms with van der Waals surface area (Å²) in [4.78, 5) is 4.20. The Morgan fingerprint density at radius 3 is 2.18 bits per heavy atom. The van der Waals surface area contributed by atoms with Crippen LogP contribution in [0.2, 0.25) is 0 Å². The molecule has 3 aliphatic rings.